The Kier molecular flexibility index (Phi) is 10.9. The highest BCUT2D eigenvalue weighted by Gasteiger charge is 2.59. The van der Waals surface area contributed by atoms with Crippen molar-refractivity contribution in [3.8, 4) is 0 Å². The summed E-state index contributed by atoms with van der Waals surface area (Å²) in [5.74, 6) is 4.70. The van der Waals surface area contributed by atoms with Crippen LogP contribution in [0.5, 0.6) is 0 Å². The standard InChI is InChI=1S/C31H51FO2S.C2H6/c1-22(2)8-4-5-9-23-12-14-27-26-13-11-24-20-25(34-29-10-6-7-19-33-29)15-18-31(24,21-35-32)28(26)16-17-30(23,27)3;1-2/h11,22-23,25-29H,4-10,12-21H2,1-3H3;1-2H3. The van der Waals surface area contributed by atoms with Crippen molar-refractivity contribution in [3.63, 3.8) is 0 Å². The van der Waals surface area contributed by atoms with Crippen LogP contribution in [0.4, 0.5) is 3.89 Å². The van der Waals surface area contributed by atoms with Crippen LogP contribution in [-0.4, -0.2) is 24.8 Å². The first-order chi connectivity index (χ1) is 18.0. The minimum atomic E-state index is -0.0138. The number of allylic oxidation sites excluding steroid dienone is 1. The molecule has 5 rings (SSSR count). The molecule has 0 aromatic rings. The molecule has 3 saturated carbocycles. The van der Waals surface area contributed by atoms with Gasteiger partial charge in [0.25, 0.3) is 0 Å². The molecule has 0 amide bonds. The molecule has 2 nitrogen and oxygen atoms in total. The van der Waals surface area contributed by atoms with Gasteiger partial charge in [-0.2, -0.15) is 3.89 Å². The third-order valence-electron chi connectivity index (χ3n) is 11.4. The largest absolute Gasteiger partial charge is 0.353 e. The van der Waals surface area contributed by atoms with E-state index in [0.717, 1.165) is 62.4 Å². The SMILES string of the molecule is CC.CC(C)CCCCC1CCC2C3CC=C4CC(OC5CCCCO5)CCC4(CSF)C3CCC12C. The van der Waals surface area contributed by atoms with Crippen molar-refractivity contribution in [2.45, 2.75) is 143 Å². The average molecular weight is 537 g/mol. The van der Waals surface area contributed by atoms with Crippen LogP contribution in [0.3, 0.4) is 0 Å². The zero-order valence-electron chi connectivity index (χ0n) is 24.7. The van der Waals surface area contributed by atoms with Crippen molar-refractivity contribution in [2.75, 3.05) is 12.4 Å². The van der Waals surface area contributed by atoms with Gasteiger partial charge in [0.05, 0.1) is 6.10 Å². The number of fused-ring (bicyclic) bond motifs is 5. The maximum Gasteiger partial charge on any atom is 0.157 e. The van der Waals surface area contributed by atoms with E-state index in [-0.39, 0.29) is 17.8 Å². The van der Waals surface area contributed by atoms with E-state index < -0.39 is 0 Å². The second kappa shape index (κ2) is 13.5. The second-order valence-electron chi connectivity index (χ2n) is 13.5. The third kappa shape index (κ3) is 6.32. The van der Waals surface area contributed by atoms with E-state index in [1.807, 2.05) is 13.8 Å². The van der Waals surface area contributed by atoms with Gasteiger partial charge in [0.15, 0.2) is 6.29 Å². The number of unbranched alkanes of at least 4 members (excludes halogenated alkanes) is 1. The summed E-state index contributed by atoms with van der Waals surface area (Å²) in [6.45, 7) is 12.2. The summed E-state index contributed by atoms with van der Waals surface area (Å²) in [4.78, 5) is 0. The van der Waals surface area contributed by atoms with Crippen LogP contribution in [0.15, 0.2) is 11.6 Å². The Morgan fingerprint density at radius 3 is 2.62 bits per heavy atom. The predicted molar refractivity (Wildman–Crippen MR) is 156 cm³/mol. The van der Waals surface area contributed by atoms with Crippen LogP contribution >= 0.6 is 12.1 Å². The molecule has 0 N–H and O–H groups in total. The molecule has 8 unspecified atom stereocenters. The minimum absolute atomic E-state index is 0.0138. The molecule has 214 valence electrons. The van der Waals surface area contributed by atoms with Crippen LogP contribution in [0.25, 0.3) is 0 Å². The number of hydrogen-bond donors (Lipinski definition) is 0. The number of rotatable bonds is 9. The maximum atomic E-state index is 14.0. The van der Waals surface area contributed by atoms with Crippen molar-refractivity contribution >= 4 is 12.1 Å². The maximum absolute atomic E-state index is 14.0. The molecule has 4 heteroatoms. The van der Waals surface area contributed by atoms with Crippen LogP contribution in [-0.2, 0) is 9.47 Å². The van der Waals surface area contributed by atoms with Gasteiger partial charge in [0.1, 0.15) is 0 Å². The van der Waals surface area contributed by atoms with Gasteiger partial charge in [-0.15, -0.1) is 0 Å². The molecule has 8 atom stereocenters. The fourth-order valence-corrected chi connectivity index (χ4v) is 10.2. The summed E-state index contributed by atoms with van der Waals surface area (Å²) in [7, 11) is 0. The van der Waals surface area contributed by atoms with Gasteiger partial charge >= 0.3 is 0 Å². The summed E-state index contributed by atoms with van der Waals surface area (Å²) in [6, 6.07) is 0. The van der Waals surface area contributed by atoms with E-state index in [9.17, 15) is 3.89 Å². The highest BCUT2D eigenvalue weighted by atomic mass is 32.2. The average Bonchev–Trinajstić information content (AvgIpc) is 3.25. The fourth-order valence-electron chi connectivity index (χ4n) is 9.47. The van der Waals surface area contributed by atoms with Crippen molar-refractivity contribution in [1.29, 1.82) is 0 Å². The molecule has 4 fully saturated rings. The first-order valence-corrected chi connectivity index (χ1v) is 17.0. The van der Waals surface area contributed by atoms with E-state index in [0.29, 0.717) is 29.2 Å². The smallest absolute Gasteiger partial charge is 0.157 e. The molecule has 4 aliphatic carbocycles. The highest BCUT2D eigenvalue weighted by Crippen LogP contribution is 2.67. The van der Waals surface area contributed by atoms with Crippen molar-refractivity contribution < 1.29 is 13.4 Å². The first kappa shape index (κ1) is 29.9. The second-order valence-corrected chi connectivity index (χ2v) is 14.1. The van der Waals surface area contributed by atoms with E-state index in [4.69, 9.17) is 9.47 Å². The third-order valence-corrected chi connectivity index (χ3v) is 12.0. The quantitative estimate of drug-likeness (QED) is 0.216. The predicted octanol–water partition coefficient (Wildman–Crippen LogP) is 10.3. The summed E-state index contributed by atoms with van der Waals surface area (Å²) >= 11 is 0.612. The Balaban J connectivity index is 0.00000156. The Morgan fingerprint density at radius 1 is 1.05 bits per heavy atom. The molecule has 0 aromatic carbocycles. The van der Waals surface area contributed by atoms with Crippen LogP contribution in [0.1, 0.15) is 131 Å². The van der Waals surface area contributed by atoms with E-state index in [1.165, 1.54) is 64.2 Å². The Bertz CT molecular complexity index is 734. The molecular weight excluding hydrogens is 479 g/mol. The van der Waals surface area contributed by atoms with E-state index >= 15 is 0 Å². The molecule has 0 aromatic heterocycles. The lowest BCUT2D eigenvalue weighted by atomic mass is 9.47. The number of halogens is 1. The lowest BCUT2D eigenvalue weighted by molar-refractivity contribution is -0.195. The normalized spacial score (nSPS) is 41.2. The Morgan fingerprint density at radius 2 is 1.89 bits per heavy atom. The van der Waals surface area contributed by atoms with Gasteiger partial charge < -0.3 is 9.47 Å². The number of ether oxygens (including phenoxy) is 2. The van der Waals surface area contributed by atoms with Crippen molar-refractivity contribution in [2.24, 2.45) is 40.4 Å². The lowest BCUT2D eigenvalue weighted by Crippen LogP contribution is -2.52. The molecule has 1 aliphatic heterocycles. The molecule has 0 bridgehead atoms. The first-order valence-electron chi connectivity index (χ1n) is 16.2. The zero-order chi connectivity index (χ0) is 26.5. The van der Waals surface area contributed by atoms with Gasteiger partial charge in [-0.05, 0) is 112 Å². The van der Waals surface area contributed by atoms with Crippen LogP contribution < -0.4 is 0 Å². The van der Waals surface area contributed by atoms with E-state index in [1.54, 1.807) is 5.57 Å². The summed E-state index contributed by atoms with van der Waals surface area (Å²) in [6.07, 6.45) is 21.8. The fraction of sp³-hybridized carbons (Fsp3) is 0.939. The highest BCUT2D eigenvalue weighted by molar-refractivity contribution is 7.94. The Hall–Kier alpha value is -0.0600. The topological polar surface area (TPSA) is 18.5 Å². The van der Waals surface area contributed by atoms with Gasteiger partial charge in [-0.3, -0.25) is 0 Å². The molecule has 1 heterocycles. The van der Waals surface area contributed by atoms with Gasteiger partial charge in [0.2, 0.25) is 0 Å². The summed E-state index contributed by atoms with van der Waals surface area (Å²) < 4.78 is 26.4. The number of hydrogen-bond acceptors (Lipinski definition) is 3. The molecule has 37 heavy (non-hydrogen) atoms. The zero-order valence-corrected chi connectivity index (χ0v) is 25.6. The molecule has 0 spiro atoms. The molecular formula is C33H57FO2S. The molecule has 0 radical (unpaired) electrons. The monoisotopic (exact) mass is 536 g/mol. The summed E-state index contributed by atoms with van der Waals surface area (Å²) in [5.41, 5.74) is 2.14. The van der Waals surface area contributed by atoms with Gasteiger partial charge in [-0.1, -0.05) is 65.5 Å². The molecule has 5 aliphatic rings. The minimum Gasteiger partial charge on any atom is -0.353 e. The van der Waals surface area contributed by atoms with Crippen molar-refractivity contribution in [3.05, 3.63) is 11.6 Å². The lowest BCUT2D eigenvalue weighted by Gasteiger charge is -2.59. The van der Waals surface area contributed by atoms with E-state index in [2.05, 4.69) is 26.8 Å². The van der Waals surface area contributed by atoms with Crippen molar-refractivity contribution in [1.82, 2.24) is 0 Å². The molecule has 1 saturated heterocycles. The Labute approximate surface area is 233 Å². The van der Waals surface area contributed by atoms with Gasteiger partial charge in [-0.25, -0.2) is 0 Å². The van der Waals surface area contributed by atoms with Crippen LogP contribution in [0, 0.1) is 40.4 Å². The van der Waals surface area contributed by atoms with Gasteiger partial charge in [0, 0.05) is 29.9 Å². The van der Waals surface area contributed by atoms with Crippen LogP contribution in [0.2, 0.25) is 0 Å². The summed E-state index contributed by atoms with van der Waals surface area (Å²) in [5, 5.41) is 0.